The molecular formula is C23H24F2N3O+. The number of H-pyrrole nitrogens is 1. The lowest BCUT2D eigenvalue weighted by Gasteiger charge is -2.28. The largest absolute Gasteiger partial charge is 0.356 e. The van der Waals surface area contributed by atoms with Crippen LogP contribution in [-0.4, -0.2) is 17.2 Å². The summed E-state index contributed by atoms with van der Waals surface area (Å²) in [5.41, 5.74) is 4.79. The number of hydrogen-bond acceptors (Lipinski definition) is 2. The molecular weight excluding hydrogens is 372 g/mol. The van der Waals surface area contributed by atoms with Crippen LogP contribution < -0.4 is 9.88 Å². The first kappa shape index (κ1) is 19.3. The van der Waals surface area contributed by atoms with Crippen molar-refractivity contribution in [1.82, 2.24) is 4.98 Å². The monoisotopic (exact) mass is 396 g/mol. The molecule has 29 heavy (non-hydrogen) atoms. The number of rotatable bonds is 5. The Bertz CT molecular complexity index is 1020. The van der Waals surface area contributed by atoms with Gasteiger partial charge in [-0.3, -0.25) is 4.79 Å². The number of aromatic nitrogens is 2. The second-order valence-corrected chi connectivity index (χ2v) is 8.34. The van der Waals surface area contributed by atoms with E-state index in [0.717, 1.165) is 34.7 Å². The molecule has 6 heteroatoms. The van der Waals surface area contributed by atoms with E-state index in [4.69, 9.17) is 0 Å². The number of ketones is 1. The van der Waals surface area contributed by atoms with Crippen molar-refractivity contribution in [3.05, 3.63) is 66.1 Å². The van der Waals surface area contributed by atoms with Gasteiger partial charge in [0.25, 0.3) is 6.43 Å². The van der Waals surface area contributed by atoms with E-state index in [0.29, 0.717) is 12.0 Å². The molecule has 0 saturated heterocycles. The van der Waals surface area contributed by atoms with Gasteiger partial charge in [-0.2, -0.15) is 4.57 Å². The highest BCUT2D eigenvalue weighted by Crippen LogP contribution is 2.43. The second-order valence-electron chi connectivity index (χ2n) is 8.34. The van der Waals surface area contributed by atoms with Crippen LogP contribution in [0.1, 0.15) is 36.3 Å². The number of halogens is 2. The van der Waals surface area contributed by atoms with Crippen LogP contribution in [0.25, 0.3) is 11.3 Å². The fourth-order valence-electron chi connectivity index (χ4n) is 3.97. The van der Waals surface area contributed by atoms with Crippen molar-refractivity contribution in [3.63, 3.8) is 0 Å². The van der Waals surface area contributed by atoms with E-state index in [1.807, 2.05) is 30.3 Å². The summed E-state index contributed by atoms with van der Waals surface area (Å²) in [4.78, 5) is 16.4. The molecule has 2 N–H and O–H groups in total. The molecule has 0 spiro atoms. The molecule has 0 amide bonds. The van der Waals surface area contributed by atoms with E-state index in [1.165, 1.54) is 4.57 Å². The number of fused-ring (bicyclic) bond motifs is 1. The predicted octanol–water partition coefficient (Wildman–Crippen LogP) is 5.13. The molecule has 0 aliphatic heterocycles. The van der Waals surface area contributed by atoms with Gasteiger partial charge in [-0.05, 0) is 24.0 Å². The SMILES string of the molecule is CC1(C)CC(=O)c2c([nH]c(-c3cc[n+](CC(F)F)cc3)c2Nc2ccccc2)C1. The Morgan fingerprint density at radius 1 is 1.10 bits per heavy atom. The van der Waals surface area contributed by atoms with Gasteiger partial charge in [0.1, 0.15) is 0 Å². The normalized spacial score (nSPS) is 15.4. The Morgan fingerprint density at radius 3 is 2.45 bits per heavy atom. The fraction of sp³-hybridized carbons (Fsp3) is 0.304. The van der Waals surface area contributed by atoms with Crippen molar-refractivity contribution in [1.29, 1.82) is 0 Å². The fourth-order valence-corrected chi connectivity index (χ4v) is 3.97. The summed E-state index contributed by atoms with van der Waals surface area (Å²) in [6, 6.07) is 13.3. The number of nitrogens with zero attached hydrogens (tertiary/aromatic N) is 1. The Hall–Kier alpha value is -3.02. The van der Waals surface area contributed by atoms with E-state index < -0.39 is 6.43 Å². The lowest BCUT2D eigenvalue weighted by Crippen LogP contribution is -2.36. The summed E-state index contributed by atoms with van der Waals surface area (Å²) in [6.45, 7) is 3.84. The Kier molecular flexibility index (Phi) is 4.94. The van der Waals surface area contributed by atoms with Crippen LogP contribution in [-0.2, 0) is 13.0 Å². The summed E-state index contributed by atoms with van der Waals surface area (Å²) in [7, 11) is 0. The average Bonchev–Trinajstić information content (AvgIpc) is 2.99. The quantitative estimate of drug-likeness (QED) is 0.587. The zero-order chi connectivity index (χ0) is 20.6. The summed E-state index contributed by atoms with van der Waals surface area (Å²) >= 11 is 0. The molecule has 0 atom stereocenters. The second kappa shape index (κ2) is 7.43. The predicted molar refractivity (Wildman–Crippen MR) is 109 cm³/mol. The third kappa shape index (κ3) is 4.06. The average molecular weight is 396 g/mol. The van der Waals surface area contributed by atoms with Gasteiger partial charge >= 0.3 is 0 Å². The molecule has 2 aromatic heterocycles. The van der Waals surface area contributed by atoms with Crippen LogP contribution in [0.2, 0.25) is 0 Å². The third-order valence-corrected chi connectivity index (χ3v) is 5.22. The minimum atomic E-state index is -2.40. The smallest absolute Gasteiger partial charge is 0.296 e. The minimum absolute atomic E-state index is 0.104. The van der Waals surface area contributed by atoms with Gasteiger partial charge in [0.05, 0.1) is 16.9 Å². The van der Waals surface area contributed by atoms with Gasteiger partial charge in [-0.1, -0.05) is 32.0 Å². The van der Waals surface area contributed by atoms with Crippen molar-refractivity contribution < 1.29 is 18.1 Å². The number of hydrogen-bond donors (Lipinski definition) is 2. The number of para-hydroxylation sites is 1. The maximum absolute atomic E-state index is 13.0. The van der Waals surface area contributed by atoms with Gasteiger partial charge in [-0.15, -0.1) is 0 Å². The first-order valence-corrected chi connectivity index (χ1v) is 9.70. The highest BCUT2D eigenvalue weighted by Gasteiger charge is 2.35. The summed E-state index contributed by atoms with van der Waals surface area (Å²) < 4.78 is 26.7. The first-order valence-electron chi connectivity index (χ1n) is 9.70. The molecule has 0 bridgehead atoms. The number of nitrogens with one attached hydrogen (secondary N) is 2. The van der Waals surface area contributed by atoms with E-state index in [2.05, 4.69) is 24.1 Å². The Morgan fingerprint density at radius 2 is 1.79 bits per heavy atom. The summed E-state index contributed by atoms with van der Waals surface area (Å²) in [5, 5.41) is 3.40. The number of Topliss-reactive ketones (excluding diaryl/α,β-unsaturated/α-hetero) is 1. The van der Waals surface area contributed by atoms with Crippen LogP contribution in [0.4, 0.5) is 20.2 Å². The number of pyridine rings is 1. The van der Waals surface area contributed by atoms with Gasteiger partial charge in [0, 0.05) is 35.5 Å². The minimum Gasteiger partial charge on any atom is -0.356 e. The first-order chi connectivity index (χ1) is 13.8. The number of aromatic amines is 1. The highest BCUT2D eigenvalue weighted by molar-refractivity contribution is 6.07. The van der Waals surface area contributed by atoms with Crippen LogP contribution in [0.3, 0.4) is 0 Å². The maximum Gasteiger partial charge on any atom is 0.296 e. The van der Waals surface area contributed by atoms with Crippen LogP contribution in [0.15, 0.2) is 54.9 Å². The van der Waals surface area contributed by atoms with Crippen LogP contribution in [0.5, 0.6) is 0 Å². The van der Waals surface area contributed by atoms with Crippen molar-refractivity contribution in [2.45, 2.75) is 39.7 Å². The Balaban J connectivity index is 1.79. The Labute approximate surface area is 168 Å². The molecule has 1 aliphatic rings. The number of carbonyl (C=O) groups excluding carboxylic acids is 1. The van der Waals surface area contributed by atoms with E-state index >= 15 is 0 Å². The van der Waals surface area contributed by atoms with Gasteiger partial charge in [0.2, 0.25) is 6.54 Å². The molecule has 0 saturated carbocycles. The zero-order valence-corrected chi connectivity index (χ0v) is 16.5. The van der Waals surface area contributed by atoms with Crippen molar-refractivity contribution in [2.75, 3.05) is 5.32 Å². The topological polar surface area (TPSA) is 48.8 Å². The molecule has 1 aromatic carbocycles. The molecule has 1 aliphatic carbocycles. The highest BCUT2D eigenvalue weighted by atomic mass is 19.3. The van der Waals surface area contributed by atoms with E-state index in [9.17, 15) is 13.6 Å². The summed E-state index contributed by atoms with van der Waals surface area (Å²) in [6.07, 6.45) is 2.14. The molecule has 2 heterocycles. The molecule has 0 radical (unpaired) electrons. The third-order valence-electron chi connectivity index (χ3n) is 5.22. The number of benzene rings is 1. The maximum atomic E-state index is 13.0. The van der Waals surface area contributed by atoms with E-state index in [-0.39, 0.29) is 17.7 Å². The number of alkyl halides is 2. The van der Waals surface area contributed by atoms with Gasteiger partial charge < -0.3 is 10.3 Å². The van der Waals surface area contributed by atoms with Crippen LogP contribution in [0, 0.1) is 5.41 Å². The lowest BCUT2D eigenvalue weighted by atomic mass is 9.76. The van der Waals surface area contributed by atoms with Crippen molar-refractivity contribution in [2.24, 2.45) is 5.41 Å². The van der Waals surface area contributed by atoms with Crippen LogP contribution >= 0.6 is 0 Å². The van der Waals surface area contributed by atoms with E-state index in [1.54, 1.807) is 24.5 Å². The van der Waals surface area contributed by atoms with Crippen molar-refractivity contribution in [3.8, 4) is 11.3 Å². The molecule has 0 fully saturated rings. The molecule has 150 valence electrons. The molecule has 0 unspecified atom stereocenters. The van der Waals surface area contributed by atoms with Crippen molar-refractivity contribution >= 4 is 17.2 Å². The van der Waals surface area contributed by atoms with Gasteiger partial charge in [-0.25, -0.2) is 8.78 Å². The molecule has 4 nitrogen and oxygen atoms in total. The van der Waals surface area contributed by atoms with Gasteiger partial charge in [0.15, 0.2) is 18.2 Å². The lowest BCUT2D eigenvalue weighted by molar-refractivity contribution is -0.705. The summed E-state index contributed by atoms with van der Waals surface area (Å²) in [5.74, 6) is 0.112. The molecule has 3 aromatic rings. The number of anilines is 2. The number of carbonyl (C=O) groups is 1. The zero-order valence-electron chi connectivity index (χ0n) is 16.5. The molecule has 4 rings (SSSR count). The standard InChI is InChI=1S/C23H23F2N3O/c1-23(2)12-17-20(18(29)13-23)22(26-16-6-4-3-5-7-16)21(27-17)15-8-10-28(11-9-15)14-19(24)25/h3-11,19H,12-14H2,1-2H3,(H,26,27,29)/p+1.